The van der Waals surface area contributed by atoms with Crippen molar-refractivity contribution in [1.82, 2.24) is 0 Å². The first-order valence-corrected chi connectivity index (χ1v) is 13.5. The van der Waals surface area contributed by atoms with Crippen molar-refractivity contribution in [2.45, 2.75) is 83.1 Å². The van der Waals surface area contributed by atoms with Crippen molar-refractivity contribution in [1.29, 1.82) is 0 Å². The maximum Gasteiger partial charge on any atom is 0.339 e. The van der Waals surface area contributed by atoms with E-state index >= 15 is 0 Å². The minimum atomic E-state index is -1.18. The molecule has 0 aromatic carbocycles. The molecule has 5 aliphatic rings. The van der Waals surface area contributed by atoms with E-state index in [1.165, 1.54) is 26.4 Å². The highest BCUT2D eigenvalue weighted by atomic mass is 16.7. The van der Waals surface area contributed by atoms with Crippen LogP contribution in [0, 0.1) is 28.1 Å². The molecule has 39 heavy (non-hydrogen) atoms. The van der Waals surface area contributed by atoms with Crippen LogP contribution >= 0.6 is 0 Å². The molecule has 2 saturated carbocycles. The van der Waals surface area contributed by atoms with Crippen LogP contribution < -0.4 is 0 Å². The largest absolute Gasteiger partial charge is 0.472 e. The number of esters is 3. The molecule has 1 spiro atoms. The fraction of sp³-hybridized carbons (Fsp3) is 0.690. The van der Waals surface area contributed by atoms with Crippen molar-refractivity contribution in [2.24, 2.45) is 28.1 Å². The number of carbonyl (C=O) groups is 3. The van der Waals surface area contributed by atoms with Gasteiger partial charge in [-0.25, -0.2) is 9.59 Å². The van der Waals surface area contributed by atoms with E-state index in [1.807, 2.05) is 27.7 Å². The van der Waals surface area contributed by atoms with Crippen LogP contribution in [0.25, 0.3) is 0 Å². The van der Waals surface area contributed by atoms with E-state index in [0.717, 1.165) is 0 Å². The zero-order valence-electron chi connectivity index (χ0n) is 23.1. The van der Waals surface area contributed by atoms with Gasteiger partial charge in [0.1, 0.15) is 17.8 Å². The van der Waals surface area contributed by atoms with Crippen LogP contribution in [0.4, 0.5) is 0 Å². The summed E-state index contributed by atoms with van der Waals surface area (Å²) >= 11 is 0. The van der Waals surface area contributed by atoms with E-state index in [2.05, 4.69) is 0 Å². The number of aliphatic hydroxyl groups is 1. The first-order chi connectivity index (χ1) is 18.3. The van der Waals surface area contributed by atoms with Crippen molar-refractivity contribution in [3.8, 4) is 0 Å². The molecule has 4 heterocycles. The highest BCUT2D eigenvalue weighted by molar-refractivity contribution is 5.83. The fourth-order valence-corrected chi connectivity index (χ4v) is 9.39. The number of epoxide rings is 1. The van der Waals surface area contributed by atoms with Gasteiger partial charge in [0.2, 0.25) is 0 Å². The molecule has 10 nitrogen and oxygen atoms in total. The number of hydrogen-bond donors (Lipinski definition) is 1. The number of ether oxygens (including phenoxy) is 5. The van der Waals surface area contributed by atoms with Crippen LogP contribution in [0.1, 0.15) is 59.1 Å². The molecule has 5 fully saturated rings. The second-order valence-electron chi connectivity index (χ2n) is 12.8. The average Bonchev–Trinajstić information content (AvgIpc) is 3.33. The molecule has 3 aliphatic heterocycles. The summed E-state index contributed by atoms with van der Waals surface area (Å²) in [7, 11) is 1.31. The molecule has 0 radical (unpaired) electrons. The number of rotatable bonds is 4. The molecule has 10 unspecified atom stereocenters. The van der Waals surface area contributed by atoms with Gasteiger partial charge in [-0.1, -0.05) is 19.9 Å². The van der Waals surface area contributed by atoms with Crippen LogP contribution in [-0.2, 0) is 38.1 Å². The third kappa shape index (κ3) is 3.11. The van der Waals surface area contributed by atoms with Crippen molar-refractivity contribution in [3.63, 3.8) is 0 Å². The number of furan rings is 1. The highest BCUT2D eigenvalue weighted by Gasteiger charge is 2.90. The molecule has 10 heteroatoms. The second kappa shape index (κ2) is 8.17. The molecular formula is C29H36O10. The van der Waals surface area contributed by atoms with Gasteiger partial charge in [0.15, 0.2) is 6.10 Å². The topological polar surface area (TPSA) is 134 Å². The third-order valence-electron chi connectivity index (χ3n) is 10.8. The van der Waals surface area contributed by atoms with E-state index < -0.39 is 75.7 Å². The Morgan fingerprint density at radius 3 is 2.56 bits per heavy atom. The van der Waals surface area contributed by atoms with Gasteiger partial charge in [-0.3, -0.25) is 4.79 Å². The molecule has 1 aromatic rings. The molecule has 0 bridgehead atoms. The van der Waals surface area contributed by atoms with Crippen LogP contribution in [0.15, 0.2) is 35.2 Å². The lowest BCUT2D eigenvalue weighted by molar-refractivity contribution is -0.271. The Labute approximate surface area is 226 Å². The third-order valence-corrected chi connectivity index (χ3v) is 10.8. The Bertz CT molecular complexity index is 1240. The molecule has 1 aromatic heterocycles. The summed E-state index contributed by atoms with van der Waals surface area (Å²) in [5.74, 6) is -2.38. The Kier molecular flexibility index (Phi) is 5.56. The fourth-order valence-electron chi connectivity index (χ4n) is 9.39. The minimum absolute atomic E-state index is 0.231. The summed E-state index contributed by atoms with van der Waals surface area (Å²) < 4.78 is 35.0. The van der Waals surface area contributed by atoms with Crippen molar-refractivity contribution in [3.05, 3.63) is 36.3 Å². The predicted molar refractivity (Wildman–Crippen MR) is 133 cm³/mol. The van der Waals surface area contributed by atoms with E-state index in [-0.39, 0.29) is 12.5 Å². The van der Waals surface area contributed by atoms with Gasteiger partial charge in [0, 0.05) is 40.7 Å². The van der Waals surface area contributed by atoms with Gasteiger partial charge in [-0.05, 0) is 38.7 Å². The standard InChI is InChI=1S/C29H36O10/c1-15(30)37-22-19(32)20-25(2,3)36-14-28(20,11-8-18(31)34-6)17-7-10-26(4)21(16-9-12-35-13-16)38-24(33)23-29(26,39-23)27(17,22)5/h8-9,11-13,17,19-23,32H,7,10,14H2,1-6H3. The van der Waals surface area contributed by atoms with Gasteiger partial charge in [-0.15, -0.1) is 0 Å². The van der Waals surface area contributed by atoms with Crippen LogP contribution in [0.5, 0.6) is 0 Å². The average molecular weight is 545 g/mol. The first kappa shape index (κ1) is 26.5. The summed E-state index contributed by atoms with van der Waals surface area (Å²) in [4.78, 5) is 38.3. The second-order valence-corrected chi connectivity index (χ2v) is 12.8. The van der Waals surface area contributed by atoms with E-state index in [4.69, 9.17) is 28.1 Å². The smallest absolute Gasteiger partial charge is 0.339 e. The summed E-state index contributed by atoms with van der Waals surface area (Å²) in [6.07, 6.45) is 3.78. The number of fused-ring (bicyclic) bond motifs is 3. The molecule has 212 valence electrons. The summed E-state index contributed by atoms with van der Waals surface area (Å²) in [6, 6.07) is 1.78. The summed E-state index contributed by atoms with van der Waals surface area (Å²) in [6.45, 7) is 9.33. The van der Waals surface area contributed by atoms with Gasteiger partial charge in [-0.2, -0.15) is 0 Å². The number of carbonyl (C=O) groups excluding carboxylic acids is 3. The molecule has 6 rings (SSSR count). The number of hydrogen-bond acceptors (Lipinski definition) is 10. The van der Waals surface area contributed by atoms with E-state index in [1.54, 1.807) is 18.4 Å². The molecule has 3 saturated heterocycles. The predicted octanol–water partition coefficient (Wildman–Crippen LogP) is 2.88. The summed E-state index contributed by atoms with van der Waals surface area (Å²) in [5.41, 5.74) is -3.82. The Balaban J connectivity index is 1.58. The number of aliphatic hydroxyl groups excluding tert-OH is 1. The van der Waals surface area contributed by atoms with Crippen LogP contribution in [0.3, 0.4) is 0 Å². The van der Waals surface area contributed by atoms with E-state index in [0.29, 0.717) is 18.4 Å². The molecule has 0 amide bonds. The minimum Gasteiger partial charge on any atom is -0.472 e. The Morgan fingerprint density at radius 1 is 1.18 bits per heavy atom. The zero-order valence-corrected chi connectivity index (χ0v) is 23.1. The quantitative estimate of drug-likeness (QED) is 0.261. The normalized spacial score (nSPS) is 47.3. The zero-order chi connectivity index (χ0) is 28.2. The monoisotopic (exact) mass is 544 g/mol. The maximum atomic E-state index is 13.4. The lowest BCUT2D eigenvalue weighted by Gasteiger charge is -2.67. The molecule has 1 N–H and O–H groups in total. The van der Waals surface area contributed by atoms with Crippen molar-refractivity contribution in [2.75, 3.05) is 13.7 Å². The Morgan fingerprint density at radius 2 is 1.92 bits per heavy atom. The molecular weight excluding hydrogens is 508 g/mol. The number of methoxy groups -OCH3 is 1. The SMILES string of the molecule is COC(=O)C=CC12COC(C)(C)C1C(O)C(OC(C)=O)C1(C)C2CCC2(C)C(c3ccoc3)OC(=O)C3OC321. The summed E-state index contributed by atoms with van der Waals surface area (Å²) in [5, 5.41) is 12.1. The van der Waals surface area contributed by atoms with E-state index in [9.17, 15) is 19.5 Å². The Hall–Kier alpha value is -2.69. The van der Waals surface area contributed by atoms with Gasteiger partial charge in [0.05, 0.1) is 37.9 Å². The first-order valence-electron chi connectivity index (χ1n) is 13.5. The number of cyclic esters (lactones) is 1. The lowest BCUT2D eigenvalue weighted by Crippen LogP contribution is -2.75. The molecule has 10 atom stereocenters. The van der Waals surface area contributed by atoms with Gasteiger partial charge < -0.3 is 33.2 Å². The maximum absolute atomic E-state index is 13.4. The van der Waals surface area contributed by atoms with Gasteiger partial charge >= 0.3 is 17.9 Å². The van der Waals surface area contributed by atoms with Crippen molar-refractivity contribution < 1.29 is 47.6 Å². The van der Waals surface area contributed by atoms with Crippen LogP contribution in [0.2, 0.25) is 0 Å². The van der Waals surface area contributed by atoms with Crippen LogP contribution in [-0.4, -0.2) is 66.2 Å². The molecule has 2 aliphatic carbocycles. The lowest BCUT2D eigenvalue weighted by atomic mass is 9.37. The van der Waals surface area contributed by atoms with Gasteiger partial charge in [0.25, 0.3) is 0 Å². The highest BCUT2D eigenvalue weighted by Crippen LogP contribution is 2.80. The van der Waals surface area contributed by atoms with Crippen molar-refractivity contribution >= 4 is 17.9 Å².